The minimum atomic E-state index is 0.248. The second-order valence-electron chi connectivity index (χ2n) is 4.72. The Morgan fingerprint density at radius 1 is 1.21 bits per heavy atom. The zero-order valence-corrected chi connectivity index (χ0v) is 9.90. The minimum Gasteiger partial charge on any atom is -0.260 e. The predicted molar refractivity (Wildman–Crippen MR) is 63.1 cm³/mol. The van der Waals surface area contributed by atoms with Crippen LogP contribution < -0.4 is 0 Å². The molecule has 2 heterocycles. The summed E-state index contributed by atoms with van der Waals surface area (Å²) in [5.41, 5.74) is 1.34. The molecule has 0 amide bonds. The minimum absolute atomic E-state index is 0.248. The van der Waals surface area contributed by atoms with E-state index >= 15 is 0 Å². The van der Waals surface area contributed by atoms with E-state index in [0.717, 1.165) is 5.69 Å². The highest BCUT2D eigenvalue weighted by Crippen LogP contribution is 2.33. The Balaban J connectivity index is 2.63. The van der Waals surface area contributed by atoms with Gasteiger partial charge in [0, 0.05) is 16.8 Å². The molecular formula is C12H15NS. The lowest BCUT2D eigenvalue weighted by molar-refractivity contribution is 0.604. The van der Waals surface area contributed by atoms with Gasteiger partial charge in [0.2, 0.25) is 0 Å². The van der Waals surface area contributed by atoms with E-state index in [1.165, 1.54) is 15.0 Å². The zero-order chi connectivity index (χ0) is 10.3. The number of rotatable bonds is 0. The largest absolute Gasteiger partial charge is 0.260 e. The molecule has 0 unspecified atom stereocenters. The van der Waals surface area contributed by atoms with E-state index in [9.17, 15) is 0 Å². The zero-order valence-electron chi connectivity index (χ0n) is 9.09. The summed E-state index contributed by atoms with van der Waals surface area (Å²) < 4.78 is 1.29. The van der Waals surface area contributed by atoms with Crippen molar-refractivity contribution in [3.05, 3.63) is 28.9 Å². The highest BCUT2D eigenvalue weighted by Gasteiger charge is 2.16. The number of aromatic nitrogens is 1. The van der Waals surface area contributed by atoms with Crippen LogP contribution in [0.4, 0.5) is 0 Å². The maximum Gasteiger partial charge on any atom is 0.0529 e. The van der Waals surface area contributed by atoms with Crippen LogP contribution >= 0.6 is 11.3 Å². The maximum absolute atomic E-state index is 4.31. The molecule has 2 aromatic heterocycles. The number of nitrogens with zero attached hydrogens (tertiary/aromatic N) is 1. The summed E-state index contributed by atoms with van der Waals surface area (Å²) in [5.74, 6) is 0. The van der Waals surface area contributed by atoms with Crippen molar-refractivity contribution in [2.45, 2.75) is 33.1 Å². The number of hydrogen-bond acceptors (Lipinski definition) is 2. The van der Waals surface area contributed by atoms with Gasteiger partial charge >= 0.3 is 0 Å². The Morgan fingerprint density at radius 3 is 2.57 bits per heavy atom. The predicted octanol–water partition coefficient (Wildman–Crippen LogP) is 3.90. The van der Waals surface area contributed by atoms with E-state index in [1.807, 2.05) is 24.5 Å². The highest BCUT2D eigenvalue weighted by molar-refractivity contribution is 7.19. The van der Waals surface area contributed by atoms with Gasteiger partial charge in [-0.05, 0) is 29.9 Å². The van der Waals surface area contributed by atoms with Crippen molar-refractivity contribution in [2.24, 2.45) is 0 Å². The number of thiophene rings is 1. The molecule has 0 bridgehead atoms. The first-order valence-corrected chi connectivity index (χ1v) is 5.65. The van der Waals surface area contributed by atoms with Crippen LogP contribution in [0.25, 0.3) is 10.1 Å². The van der Waals surface area contributed by atoms with E-state index < -0.39 is 0 Å². The monoisotopic (exact) mass is 205 g/mol. The van der Waals surface area contributed by atoms with Crippen LogP contribution in [0.5, 0.6) is 0 Å². The van der Waals surface area contributed by atoms with Crippen molar-refractivity contribution in [3.8, 4) is 0 Å². The number of hydrogen-bond donors (Lipinski definition) is 0. The molecule has 0 saturated heterocycles. The van der Waals surface area contributed by atoms with E-state index in [4.69, 9.17) is 0 Å². The molecule has 0 radical (unpaired) electrons. The van der Waals surface area contributed by atoms with Gasteiger partial charge in [-0.2, -0.15) is 0 Å². The van der Waals surface area contributed by atoms with E-state index in [0.29, 0.717) is 0 Å². The first-order valence-electron chi connectivity index (χ1n) is 4.83. The second kappa shape index (κ2) is 3.06. The lowest BCUT2D eigenvalue weighted by Crippen LogP contribution is -2.07. The van der Waals surface area contributed by atoms with Crippen molar-refractivity contribution < 1.29 is 0 Å². The van der Waals surface area contributed by atoms with E-state index in [2.05, 4.69) is 37.9 Å². The molecule has 0 N–H and O–H groups in total. The molecule has 0 saturated carbocycles. The van der Waals surface area contributed by atoms with Crippen molar-refractivity contribution in [3.63, 3.8) is 0 Å². The van der Waals surface area contributed by atoms with Gasteiger partial charge < -0.3 is 0 Å². The molecule has 0 aliphatic heterocycles. The highest BCUT2D eigenvalue weighted by atomic mass is 32.1. The normalized spacial score (nSPS) is 12.3. The molecule has 2 aromatic rings. The van der Waals surface area contributed by atoms with Gasteiger partial charge in [0.25, 0.3) is 0 Å². The number of pyridine rings is 1. The molecule has 0 aliphatic rings. The van der Waals surface area contributed by atoms with Crippen LogP contribution in [-0.2, 0) is 5.41 Å². The van der Waals surface area contributed by atoms with Gasteiger partial charge in [-0.15, -0.1) is 11.3 Å². The fraction of sp³-hybridized carbons (Fsp3) is 0.417. The molecule has 0 aliphatic carbocycles. The molecule has 0 atom stereocenters. The van der Waals surface area contributed by atoms with Crippen LogP contribution in [0.2, 0.25) is 0 Å². The average molecular weight is 205 g/mol. The quantitative estimate of drug-likeness (QED) is 0.635. The Labute approximate surface area is 88.8 Å². The molecule has 1 nitrogen and oxygen atoms in total. The molecule has 0 aromatic carbocycles. The lowest BCUT2D eigenvalue weighted by atomic mass is 9.94. The van der Waals surface area contributed by atoms with Crippen molar-refractivity contribution in [2.75, 3.05) is 0 Å². The third-order valence-corrected chi connectivity index (χ3v) is 3.79. The second-order valence-corrected chi connectivity index (χ2v) is 5.81. The Bertz CT molecular complexity index is 463. The van der Waals surface area contributed by atoms with Crippen LogP contribution in [0.15, 0.2) is 18.3 Å². The molecule has 0 fully saturated rings. The summed E-state index contributed by atoms with van der Waals surface area (Å²) in [4.78, 5) is 5.74. The molecule has 0 spiro atoms. The lowest BCUT2D eigenvalue weighted by Gasteiger charge is -2.14. The molecule has 14 heavy (non-hydrogen) atoms. The Hall–Kier alpha value is -0.890. The molecule has 2 heteroatoms. The Morgan fingerprint density at radius 2 is 1.93 bits per heavy atom. The topological polar surface area (TPSA) is 12.9 Å². The molecule has 74 valence electrons. The summed E-state index contributed by atoms with van der Waals surface area (Å²) in [5, 5.41) is 1.33. The third kappa shape index (κ3) is 1.67. The van der Waals surface area contributed by atoms with Gasteiger partial charge in [-0.25, -0.2) is 0 Å². The van der Waals surface area contributed by atoms with Gasteiger partial charge in [-0.3, -0.25) is 4.98 Å². The van der Waals surface area contributed by atoms with E-state index in [1.54, 1.807) is 0 Å². The smallest absolute Gasteiger partial charge is 0.0529 e. The van der Waals surface area contributed by atoms with Gasteiger partial charge in [0.1, 0.15) is 0 Å². The van der Waals surface area contributed by atoms with Crippen LogP contribution in [0.3, 0.4) is 0 Å². The van der Waals surface area contributed by atoms with Crippen molar-refractivity contribution >= 4 is 21.4 Å². The summed E-state index contributed by atoms with van der Waals surface area (Å²) >= 11 is 1.85. The molecular weight excluding hydrogens is 190 g/mol. The van der Waals surface area contributed by atoms with Crippen LogP contribution in [-0.4, -0.2) is 4.98 Å². The fourth-order valence-electron chi connectivity index (χ4n) is 1.43. The first-order chi connectivity index (χ1) is 6.47. The number of aryl methyl sites for hydroxylation is 1. The summed E-state index contributed by atoms with van der Waals surface area (Å²) in [7, 11) is 0. The number of fused-ring (bicyclic) bond motifs is 1. The molecule has 2 rings (SSSR count). The van der Waals surface area contributed by atoms with Gasteiger partial charge in [0.15, 0.2) is 0 Å². The SMILES string of the molecule is Cc1cc2cc(C(C)(C)C)sc2cn1. The fourth-order valence-corrected chi connectivity index (χ4v) is 2.50. The summed E-state index contributed by atoms with van der Waals surface area (Å²) in [6.07, 6.45) is 1.98. The average Bonchev–Trinajstić information content (AvgIpc) is 2.45. The van der Waals surface area contributed by atoms with E-state index in [-0.39, 0.29) is 5.41 Å². The maximum atomic E-state index is 4.31. The van der Waals surface area contributed by atoms with Crippen molar-refractivity contribution in [1.29, 1.82) is 0 Å². The van der Waals surface area contributed by atoms with Crippen LogP contribution in [0.1, 0.15) is 31.3 Å². The van der Waals surface area contributed by atoms with Gasteiger partial charge in [0.05, 0.1) is 4.70 Å². The Kier molecular flexibility index (Phi) is 2.11. The van der Waals surface area contributed by atoms with Gasteiger partial charge in [-0.1, -0.05) is 20.8 Å². The summed E-state index contributed by atoms with van der Waals surface area (Å²) in [6.45, 7) is 8.78. The third-order valence-electron chi connectivity index (χ3n) is 2.28. The van der Waals surface area contributed by atoms with Crippen molar-refractivity contribution in [1.82, 2.24) is 4.98 Å². The first kappa shape index (κ1) is 9.66. The standard InChI is InChI=1S/C12H15NS/c1-8-5-9-6-11(12(2,3)4)14-10(9)7-13-8/h5-7H,1-4H3. The summed E-state index contributed by atoms with van der Waals surface area (Å²) in [6, 6.07) is 4.44. The van der Waals surface area contributed by atoms with Crippen LogP contribution in [0, 0.1) is 6.92 Å².